The van der Waals surface area contributed by atoms with Gasteiger partial charge in [0.2, 0.25) is 0 Å². The van der Waals surface area contributed by atoms with Crippen LogP contribution in [0.4, 0.5) is 5.69 Å². The van der Waals surface area contributed by atoms with Crippen molar-refractivity contribution < 1.29 is 19.4 Å². The molecule has 1 aliphatic rings. The Bertz CT molecular complexity index is 1300. The largest absolute Gasteiger partial charge is 0.507 e. The van der Waals surface area contributed by atoms with Gasteiger partial charge >= 0.3 is 0 Å². The molecule has 0 saturated carbocycles. The number of hydrogen-bond acceptors (Lipinski definition) is 4. The second-order valence-corrected chi connectivity index (χ2v) is 8.81. The lowest BCUT2D eigenvalue weighted by molar-refractivity contribution is -0.132. The molecular formula is C25H18Cl3NO4. The number of amides is 1. The molecule has 1 saturated heterocycles. The minimum atomic E-state index is -0.895. The number of rotatable bonds is 4. The molecule has 1 aliphatic heterocycles. The predicted octanol–water partition coefficient (Wildman–Crippen LogP) is 6.59. The van der Waals surface area contributed by atoms with Gasteiger partial charge in [0.15, 0.2) is 0 Å². The summed E-state index contributed by atoms with van der Waals surface area (Å²) in [4.78, 5) is 27.8. The summed E-state index contributed by atoms with van der Waals surface area (Å²) in [6, 6.07) is 15.9. The maximum atomic E-state index is 13.3. The normalized spacial score (nSPS) is 17.5. The van der Waals surface area contributed by atoms with Crippen molar-refractivity contribution in [3.05, 3.63) is 98.0 Å². The molecule has 1 unspecified atom stereocenters. The van der Waals surface area contributed by atoms with Crippen LogP contribution in [-0.2, 0) is 9.59 Å². The first kappa shape index (κ1) is 23.2. The number of ketones is 1. The highest BCUT2D eigenvalue weighted by atomic mass is 35.5. The molecule has 1 atom stereocenters. The van der Waals surface area contributed by atoms with Gasteiger partial charge in [0, 0.05) is 15.7 Å². The summed E-state index contributed by atoms with van der Waals surface area (Å²) >= 11 is 18.4. The minimum absolute atomic E-state index is 0.0998. The Kier molecular flexibility index (Phi) is 6.39. The smallest absolute Gasteiger partial charge is 0.300 e. The number of anilines is 1. The molecule has 0 radical (unpaired) electrons. The quantitative estimate of drug-likeness (QED) is 0.248. The number of Topliss-reactive ketones (excluding diaryl/α,β-unsaturated/α-hetero) is 1. The molecule has 1 heterocycles. The molecule has 33 heavy (non-hydrogen) atoms. The van der Waals surface area contributed by atoms with Crippen LogP contribution in [-0.4, -0.2) is 23.9 Å². The topological polar surface area (TPSA) is 66.8 Å². The molecule has 0 aliphatic carbocycles. The summed E-state index contributed by atoms with van der Waals surface area (Å²) < 4.78 is 5.35. The molecule has 3 aromatic carbocycles. The Balaban J connectivity index is 2.01. The molecule has 0 spiro atoms. The van der Waals surface area contributed by atoms with Crippen LogP contribution < -0.4 is 9.64 Å². The Morgan fingerprint density at radius 3 is 2.30 bits per heavy atom. The Morgan fingerprint density at radius 2 is 1.67 bits per heavy atom. The Hall–Kier alpha value is -2.99. The van der Waals surface area contributed by atoms with Crippen LogP contribution in [0.5, 0.6) is 5.75 Å². The number of aliphatic hydroxyl groups excluding tert-OH is 1. The molecule has 1 amide bonds. The first-order valence-electron chi connectivity index (χ1n) is 9.89. The first-order chi connectivity index (χ1) is 15.7. The number of ether oxygens (including phenoxy) is 1. The van der Waals surface area contributed by atoms with Crippen molar-refractivity contribution >= 4 is 57.9 Å². The second-order valence-electron chi connectivity index (χ2n) is 7.53. The van der Waals surface area contributed by atoms with E-state index in [1.807, 2.05) is 25.1 Å². The fraction of sp³-hybridized carbons (Fsp3) is 0.120. The van der Waals surface area contributed by atoms with Crippen LogP contribution in [0.2, 0.25) is 15.1 Å². The van der Waals surface area contributed by atoms with Crippen LogP contribution in [0.15, 0.2) is 66.2 Å². The molecule has 4 rings (SSSR count). The van der Waals surface area contributed by atoms with Gasteiger partial charge in [-0.1, -0.05) is 64.6 Å². The molecule has 0 aromatic heterocycles. The van der Waals surface area contributed by atoms with Gasteiger partial charge in [0.25, 0.3) is 11.7 Å². The predicted molar refractivity (Wildman–Crippen MR) is 130 cm³/mol. The summed E-state index contributed by atoms with van der Waals surface area (Å²) in [6.07, 6.45) is 0. The van der Waals surface area contributed by atoms with Gasteiger partial charge in [-0.2, -0.15) is 0 Å². The van der Waals surface area contributed by atoms with E-state index < -0.39 is 23.5 Å². The third-order valence-corrected chi connectivity index (χ3v) is 6.13. The highest BCUT2D eigenvalue weighted by molar-refractivity contribution is 6.52. The van der Waals surface area contributed by atoms with Crippen LogP contribution in [0.3, 0.4) is 0 Å². The van der Waals surface area contributed by atoms with E-state index in [2.05, 4.69) is 0 Å². The van der Waals surface area contributed by atoms with Gasteiger partial charge in [-0.3, -0.25) is 14.5 Å². The fourth-order valence-corrected chi connectivity index (χ4v) is 4.64. The molecule has 5 nitrogen and oxygen atoms in total. The summed E-state index contributed by atoms with van der Waals surface area (Å²) in [5.41, 5.74) is 2.05. The average Bonchev–Trinajstić information content (AvgIpc) is 3.04. The number of hydrogen-bond donors (Lipinski definition) is 1. The molecule has 8 heteroatoms. The van der Waals surface area contributed by atoms with Gasteiger partial charge in [-0.15, -0.1) is 0 Å². The van der Waals surface area contributed by atoms with Crippen LogP contribution >= 0.6 is 34.8 Å². The van der Waals surface area contributed by atoms with E-state index in [4.69, 9.17) is 39.5 Å². The summed E-state index contributed by atoms with van der Waals surface area (Å²) in [5, 5.41) is 12.2. The lowest BCUT2D eigenvalue weighted by atomic mass is 9.94. The van der Waals surface area contributed by atoms with Crippen LogP contribution in [0.1, 0.15) is 22.7 Å². The van der Waals surface area contributed by atoms with E-state index in [0.29, 0.717) is 16.3 Å². The zero-order valence-electron chi connectivity index (χ0n) is 17.6. The second kappa shape index (κ2) is 9.10. The number of aryl methyl sites for hydroxylation is 1. The highest BCUT2D eigenvalue weighted by Crippen LogP contribution is 2.45. The average molecular weight is 503 g/mol. The van der Waals surface area contributed by atoms with Gasteiger partial charge in [-0.25, -0.2) is 0 Å². The number of carbonyl (C=O) groups excluding carboxylic acids is 2. The van der Waals surface area contributed by atoms with Crippen molar-refractivity contribution in [1.29, 1.82) is 0 Å². The standard InChI is InChI=1S/C25H18Cl3NO4/c1-13-4-3-5-14(10-13)21-20(22(30)18-11-16(27)12-19(28)24(18)33-2)23(31)25(32)29(21)17-8-6-15(26)7-9-17/h3-12,21,30H,1-2H3/b22-20+. The number of halogens is 3. The highest BCUT2D eigenvalue weighted by Gasteiger charge is 2.47. The van der Waals surface area contributed by atoms with Gasteiger partial charge in [0.1, 0.15) is 11.5 Å². The minimum Gasteiger partial charge on any atom is -0.507 e. The Morgan fingerprint density at radius 1 is 0.970 bits per heavy atom. The number of nitrogens with zero attached hydrogens (tertiary/aromatic N) is 1. The number of aliphatic hydroxyl groups is 1. The zero-order valence-corrected chi connectivity index (χ0v) is 19.9. The number of benzene rings is 3. The van der Waals surface area contributed by atoms with Crippen LogP contribution in [0, 0.1) is 6.92 Å². The molecule has 3 aromatic rings. The summed E-state index contributed by atoms with van der Waals surface area (Å²) in [6.45, 7) is 1.90. The number of methoxy groups -OCH3 is 1. The van der Waals surface area contributed by atoms with Crippen molar-refractivity contribution in [3.63, 3.8) is 0 Å². The van der Waals surface area contributed by atoms with Crippen molar-refractivity contribution in [2.45, 2.75) is 13.0 Å². The maximum absolute atomic E-state index is 13.3. The van der Waals surface area contributed by atoms with Gasteiger partial charge in [-0.05, 0) is 48.9 Å². The third-order valence-electron chi connectivity index (χ3n) is 5.37. The van der Waals surface area contributed by atoms with Crippen molar-refractivity contribution in [2.75, 3.05) is 12.0 Å². The molecule has 168 valence electrons. The lowest BCUT2D eigenvalue weighted by Gasteiger charge is -2.26. The monoisotopic (exact) mass is 501 g/mol. The van der Waals surface area contributed by atoms with E-state index >= 15 is 0 Å². The fourth-order valence-electron chi connectivity index (χ4n) is 3.94. The van der Waals surface area contributed by atoms with E-state index in [1.165, 1.54) is 24.1 Å². The zero-order chi connectivity index (χ0) is 23.9. The SMILES string of the molecule is COc1c(Cl)cc(Cl)cc1/C(O)=C1\C(=O)C(=O)N(c2ccc(Cl)cc2)C1c1cccc(C)c1. The molecule has 1 fully saturated rings. The van der Waals surface area contributed by atoms with E-state index in [-0.39, 0.29) is 26.9 Å². The van der Waals surface area contributed by atoms with E-state index in [1.54, 1.807) is 30.3 Å². The van der Waals surface area contributed by atoms with Gasteiger partial charge in [0.05, 0.1) is 29.3 Å². The third kappa shape index (κ3) is 4.20. The van der Waals surface area contributed by atoms with Gasteiger partial charge < -0.3 is 9.84 Å². The van der Waals surface area contributed by atoms with E-state index in [9.17, 15) is 14.7 Å². The molecule has 0 bridgehead atoms. The van der Waals surface area contributed by atoms with Crippen molar-refractivity contribution in [1.82, 2.24) is 0 Å². The van der Waals surface area contributed by atoms with E-state index in [0.717, 1.165) is 5.56 Å². The summed E-state index contributed by atoms with van der Waals surface area (Å²) in [7, 11) is 1.39. The first-order valence-corrected chi connectivity index (χ1v) is 11.0. The Labute approximate surface area is 205 Å². The number of carbonyl (C=O) groups is 2. The molecule has 1 N–H and O–H groups in total. The summed E-state index contributed by atoms with van der Waals surface area (Å²) in [5.74, 6) is -1.92. The molecular weight excluding hydrogens is 485 g/mol. The lowest BCUT2D eigenvalue weighted by Crippen LogP contribution is -2.29. The van der Waals surface area contributed by atoms with Crippen molar-refractivity contribution in [2.24, 2.45) is 0 Å². The van der Waals surface area contributed by atoms with Crippen LogP contribution in [0.25, 0.3) is 5.76 Å². The van der Waals surface area contributed by atoms with Crippen molar-refractivity contribution in [3.8, 4) is 5.75 Å². The maximum Gasteiger partial charge on any atom is 0.300 e.